The highest BCUT2D eigenvalue weighted by Gasteiger charge is 2.49. The number of hydrogen-bond donors (Lipinski definition) is 0. The molecule has 2 aliphatic rings. The van der Waals surface area contributed by atoms with Crippen LogP contribution in [0.15, 0.2) is 30.3 Å². The minimum Gasteiger partial charge on any atom is -0.456 e. The Bertz CT molecular complexity index is 480. The summed E-state index contributed by atoms with van der Waals surface area (Å²) in [6.45, 7) is 1.27. The number of alkyl halides is 1. The molecule has 2 aliphatic heterocycles. The van der Waals surface area contributed by atoms with E-state index in [9.17, 15) is 4.79 Å². The third-order valence-corrected chi connectivity index (χ3v) is 3.88. The normalized spacial score (nSPS) is 31.1. The lowest BCUT2D eigenvalue weighted by molar-refractivity contribution is -0.150. The lowest BCUT2D eigenvalue weighted by Gasteiger charge is -2.17. The average molecular weight is 313 g/mol. The largest absolute Gasteiger partial charge is 0.456 e. The molecule has 0 aromatic heterocycles. The van der Waals surface area contributed by atoms with Crippen LogP contribution in [0.1, 0.15) is 5.56 Å². The predicted octanol–water partition coefficient (Wildman–Crippen LogP) is 1.52. The molecule has 114 valence electrons. The van der Waals surface area contributed by atoms with Crippen LogP contribution in [0.25, 0.3) is 0 Å². The van der Waals surface area contributed by atoms with E-state index in [1.165, 1.54) is 0 Å². The second kappa shape index (κ2) is 6.75. The van der Waals surface area contributed by atoms with Crippen molar-refractivity contribution < 1.29 is 23.7 Å². The molecule has 0 N–H and O–H groups in total. The molecule has 0 saturated carbocycles. The summed E-state index contributed by atoms with van der Waals surface area (Å²) < 4.78 is 22.4. The highest BCUT2D eigenvalue weighted by Crippen LogP contribution is 2.31. The van der Waals surface area contributed by atoms with Gasteiger partial charge in [-0.15, -0.1) is 11.6 Å². The van der Waals surface area contributed by atoms with Crippen LogP contribution in [0.3, 0.4) is 0 Å². The van der Waals surface area contributed by atoms with Gasteiger partial charge >= 0.3 is 5.97 Å². The van der Waals surface area contributed by atoms with E-state index in [0.717, 1.165) is 5.56 Å². The van der Waals surface area contributed by atoms with Crippen LogP contribution >= 0.6 is 11.6 Å². The van der Waals surface area contributed by atoms with Crippen LogP contribution in [0.2, 0.25) is 0 Å². The van der Waals surface area contributed by atoms with Gasteiger partial charge < -0.3 is 18.9 Å². The smallest absolute Gasteiger partial charge is 0.321 e. The maximum Gasteiger partial charge on any atom is 0.321 e. The SMILES string of the molecule is O=C(CCl)OC1COC2C(OCc3ccccc3)COC12. The molecule has 2 saturated heterocycles. The Kier molecular flexibility index (Phi) is 4.75. The second-order valence-electron chi connectivity index (χ2n) is 5.09. The van der Waals surface area contributed by atoms with E-state index in [1.54, 1.807) is 0 Å². The standard InChI is InChI=1S/C15H17ClO5/c16-6-13(17)21-12-9-20-14-11(8-19-15(12)14)18-7-10-4-2-1-3-5-10/h1-5,11-12,14-15H,6-9H2. The first kappa shape index (κ1) is 14.8. The van der Waals surface area contributed by atoms with Crippen LogP contribution in [-0.4, -0.2) is 49.5 Å². The summed E-state index contributed by atoms with van der Waals surface area (Å²) in [7, 11) is 0. The number of esters is 1. The van der Waals surface area contributed by atoms with Gasteiger partial charge in [-0.3, -0.25) is 4.79 Å². The molecular formula is C15H17ClO5. The quantitative estimate of drug-likeness (QED) is 0.609. The minimum absolute atomic E-state index is 0.144. The number of benzene rings is 1. The molecule has 5 nitrogen and oxygen atoms in total. The molecule has 1 aromatic carbocycles. The van der Waals surface area contributed by atoms with E-state index in [0.29, 0.717) is 19.8 Å². The molecule has 0 spiro atoms. The number of carbonyl (C=O) groups is 1. The van der Waals surface area contributed by atoms with Crippen molar-refractivity contribution in [1.82, 2.24) is 0 Å². The minimum atomic E-state index is -0.455. The number of ether oxygens (including phenoxy) is 4. The van der Waals surface area contributed by atoms with E-state index < -0.39 is 12.1 Å². The van der Waals surface area contributed by atoms with Crippen molar-refractivity contribution in [2.24, 2.45) is 0 Å². The molecule has 4 atom stereocenters. The van der Waals surface area contributed by atoms with Gasteiger partial charge in [0, 0.05) is 0 Å². The van der Waals surface area contributed by atoms with Gasteiger partial charge in [-0.25, -0.2) is 0 Å². The molecule has 2 fully saturated rings. The molecule has 4 unspecified atom stereocenters. The molecule has 21 heavy (non-hydrogen) atoms. The summed E-state index contributed by atoms with van der Waals surface area (Å²) in [5, 5.41) is 0. The van der Waals surface area contributed by atoms with Gasteiger partial charge in [0.2, 0.25) is 0 Å². The third-order valence-electron chi connectivity index (χ3n) is 3.66. The first-order valence-corrected chi connectivity index (χ1v) is 7.45. The number of fused-ring (bicyclic) bond motifs is 1. The second-order valence-corrected chi connectivity index (χ2v) is 5.36. The summed E-state index contributed by atoms with van der Waals surface area (Å²) in [6, 6.07) is 9.93. The Balaban J connectivity index is 1.53. The molecule has 0 amide bonds. The van der Waals surface area contributed by atoms with E-state index >= 15 is 0 Å². The topological polar surface area (TPSA) is 54.0 Å². The van der Waals surface area contributed by atoms with Gasteiger partial charge in [-0.2, -0.15) is 0 Å². The van der Waals surface area contributed by atoms with Crippen molar-refractivity contribution in [3.8, 4) is 0 Å². The monoisotopic (exact) mass is 312 g/mol. The first-order valence-electron chi connectivity index (χ1n) is 6.92. The Morgan fingerprint density at radius 2 is 1.81 bits per heavy atom. The van der Waals surface area contributed by atoms with E-state index in [4.69, 9.17) is 30.5 Å². The number of rotatable bonds is 5. The zero-order chi connectivity index (χ0) is 14.7. The first-order chi connectivity index (χ1) is 10.3. The zero-order valence-corrected chi connectivity index (χ0v) is 12.2. The highest BCUT2D eigenvalue weighted by atomic mass is 35.5. The predicted molar refractivity (Wildman–Crippen MR) is 75.1 cm³/mol. The Morgan fingerprint density at radius 1 is 1.14 bits per heavy atom. The zero-order valence-electron chi connectivity index (χ0n) is 11.4. The fourth-order valence-electron chi connectivity index (χ4n) is 2.65. The maximum atomic E-state index is 11.3. The van der Waals surface area contributed by atoms with E-state index in [-0.39, 0.29) is 24.2 Å². The summed E-state index contributed by atoms with van der Waals surface area (Å²) in [5.41, 5.74) is 1.10. The Labute approximate surface area is 128 Å². The third kappa shape index (κ3) is 3.37. The molecule has 1 aromatic rings. The fourth-order valence-corrected chi connectivity index (χ4v) is 2.71. The number of halogens is 1. The van der Waals surface area contributed by atoms with Crippen LogP contribution in [0, 0.1) is 0 Å². The van der Waals surface area contributed by atoms with Crippen LogP contribution in [0.5, 0.6) is 0 Å². The molecular weight excluding hydrogens is 296 g/mol. The molecule has 0 bridgehead atoms. The number of hydrogen-bond acceptors (Lipinski definition) is 5. The van der Waals surface area contributed by atoms with E-state index in [2.05, 4.69) is 0 Å². The summed E-state index contributed by atoms with van der Waals surface area (Å²) in [6.07, 6.45) is -0.999. The van der Waals surface area contributed by atoms with Crippen molar-refractivity contribution in [3.63, 3.8) is 0 Å². The van der Waals surface area contributed by atoms with Gasteiger partial charge in [-0.1, -0.05) is 30.3 Å². The van der Waals surface area contributed by atoms with Crippen molar-refractivity contribution in [2.75, 3.05) is 19.1 Å². The Morgan fingerprint density at radius 3 is 2.52 bits per heavy atom. The lowest BCUT2D eigenvalue weighted by Crippen LogP contribution is -2.35. The van der Waals surface area contributed by atoms with Gasteiger partial charge in [0.15, 0.2) is 6.10 Å². The van der Waals surface area contributed by atoms with Crippen LogP contribution in [0.4, 0.5) is 0 Å². The fraction of sp³-hybridized carbons (Fsp3) is 0.533. The highest BCUT2D eigenvalue weighted by molar-refractivity contribution is 6.26. The maximum absolute atomic E-state index is 11.3. The summed E-state index contributed by atoms with van der Waals surface area (Å²) in [5.74, 6) is -0.620. The van der Waals surface area contributed by atoms with Crippen molar-refractivity contribution >= 4 is 17.6 Å². The van der Waals surface area contributed by atoms with E-state index in [1.807, 2.05) is 30.3 Å². The molecule has 2 heterocycles. The summed E-state index contributed by atoms with van der Waals surface area (Å²) in [4.78, 5) is 11.3. The van der Waals surface area contributed by atoms with Gasteiger partial charge in [-0.05, 0) is 5.56 Å². The molecule has 0 aliphatic carbocycles. The van der Waals surface area contributed by atoms with Gasteiger partial charge in [0.25, 0.3) is 0 Å². The number of carbonyl (C=O) groups excluding carboxylic acids is 1. The van der Waals surface area contributed by atoms with Gasteiger partial charge in [0.1, 0.15) is 24.2 Å². The molecule has 6 heteroatoms. The van der Waals surface area contributed by atoms with Crippen LogP contribution < -0.4 is 0 Å². The van der Waals surface area contributed by atoms with Crippen molar-refractivity contribution in [2.45, 2.75) is 31.0 Å². The Hall–Kier alpha value is -1.14. The van der Waals surface area contributed by atoms with Crippen LogP contribution in [-0.2, 0) is 30.3 Å². The molecule has 3 rings (SSSR count). The van der Waals surface area contributed by atoms with Crippen molar-refractivity contribution in [1.29, 1.82) is 0 Å². The summed E-state index contributed by atoms with van der Waals surface area (Å²) >= 11 is 5.44. The lowest BCUT2D eigenvalue weighted by atomic mass is 10.1. The average Bonchev–Trinajstić information content (AvgIpc) is 3.09. The van der Waals surface area contributed by atoms with Gasteiger partial charge in [0.05, 0.1) is 19.8 Å². The van der Waals surface area contributed by atoms with Crippen molar-refractivity contribution in [3.05, 3.63) is 35.9 Å². The molecule has 0 radical (unpaired) electrons.